The summed E-state index contributed by atoms with van der Waals surface area (Å²) in [5.74, 6) is -0.114. The second-order valence-electron chi connectivity index (χ2n) is 8.73. The van der Waals surface area contributed by atoms with Gasteiger partial charge < -0.3 is 14.4 Å². The van der Waals surface area contributed by atoms with Gasteiger partial charge in [0.05, 0.1) is 42.9 Å². The van der Waals surface area contributed by atoms with Crippen molar-refractivity contribution in [2.45, 2.75) is 45.4 Å². The Morgan fingerprint density at radius 2 is 2.00 bits per heavy atom. The molecule has 0 radical (unpaired) electrons. The number of benzene rings is 1. The fourth-order valence-corrected chi connectivity index (χ4v) is 3.83. The van der Waals surface area contributed by atoms with Crippen LogP contribution in [0.1, 0.15) is 33.7 Å². The Morgan fingerprint density at radius 1 is 1.26 bits per heavy atom. The van der Waals surface area contributed by atoms with E-state index in [1.54, 1.807) is 11.1 Å². The van der Waals surface area contributed by atoms with Gasteiger partial charge in [-0.1, -0.05) is 6.07 Å². The summed E-state index contributed by atoms with van der Waals surface area (Å²) in [4.78, 5) is 28.3. The van der Waals surface area contributed by atoms with Crippen LogP contribution in [0.15, 0.2) is 30.6 Å². The van der Waals surface area contributed by atoms with Crippen molar-refractivity contribution in [1.29, 1.82) is 0 Å². The molecular formula is C22H27FN4O4. The van der Waals surface area contributed by atoms with E-state index in [4.69, 9.17) is 9.47 Å². The van der Waals surface area contributed by atoms with Crippen LogP contribution in [-0.2, 0) is 14.3 Å². The lowest BCUT2D eigenvalue weighted by Crippen LogP contribution is -2.51. The maximum atomic E-state index is 13.9. The van der Waals surface area contributed by atoms with Crippen LogP contribution in [0.25, 0.3) is 11.1 Å². The molecule has 2 aliphatic rings. The Hall–Kier alpha value is -2.94. The van der Waals surface area contributed by atoms with Gasteiger partial charge in [0.2, 0.25) is 5.91 Å². The summed E-state index contributed by atoms with van der Waals surface area (Å²) in [5, 5.41) is 4.42. The molecule has 2 aliphatic heterocycles. The topological polar surface area (TPSA) is 76.9 Å². The number of anilines is 2. The van der Waals surface area contributed by atoms with Crippen molar-refractivity contribution in [2.24, 2.45) is 0 Å². The van der Waals surface area contributed by atoms with Crippen LogP contribution < -0.4 is 9.80 Å². The molecule has 0 N–H and O–H groups in total. The van der Waals surface area contributed by atoms with Crippen LogP contribution in [0.4, 0.5) is 20.6 Å². The highest BCUT2D eigenvalue weighted by atomic mass is 19.1. The number of ether oxygens (including phenoxy) is 2. The first-order chi connectivity index (χ1) is 14.6. The van der Waals surface area contributed by atoms with Crippen molar-refractivity contribution in [2.75, 3.05) is 36.2 Å². The first-order valence-corrected chi connectivity index (χ1v) is 10.3. The number of nitrogens with zero attached hydrogens (tertiary/aromatic N) is 4. The van der Waals surface area contributed by atoms with E-state index in [-0.39, 0.29) is 31.1 Å². The summed E-state index contributed by atoms with van der Waals surface area (Å²) >= 11 is 0. The molecule has 1 unspecified atom stereocenters. The molecule has 1 atom stereocenters. The molecule has 8 nitrogen and oxygen atoms in total. The van der Waals surface area contributed by atoms with E-state index in [9.17, 15) is 14.0 Å². The highest BCUT2D eigenvalue weighted by Gasteiger charge is 2.35. The Balaban J connectivity index is 1.69. The number of hydrogen-bond donors (Lipinski definition) is 0. The molecule has 4 rings (SSSR count). The molecule has 0 spiro atoms. The summed E-state index contributed by atoms with van der Waals surface area (Å²) in [6, 6.07) is 5.56. The average molecular weight is 430 g/mol. The van der Waals surface area contributed by atoms with E-state index in [0.717, 1.165) is 11.1 Å². The Kier molecular flexibility index (Phi) is 5.47. The normalized spacial score (nSPS) is 19.1. The van der Waals surface area contributed by atoms with Crippen molar-refractivity contribution >= 4 is 23.4 Å². The van der Waals surface area contributed by atoms with Gasteiger partial charge in [0.15, 0.2) is 0 Å². The monoisotopic (exact) mass is 430 g/mol. The molecule has 0 aliphatic carbocycles. The number of rotatable bonds is 4. The molecule has 166 valence electrons. The maximum Gasteiger partial charge on any atom is 0.414 e. The molecule has 3 heterocycles. The highest BCUT2D eigenvalue weighted by molar-refractivity contribution is 6.03. The van der Waals surface area contributed by atoms with Gasteiger partial charge in [-0.25, -0.2) is 9.18 Å². The lowest BCUT2D eigenvalue weighted by atomic mass is 10.0. The van der Waals surface area contributed by atoms with E-state index in [0.29, 0.717) is 24.6 Å². The van der Waals surface area contributed by atoms with Gasteiger partial charge in [-0.3, -0.25) is 14.4 Å². The maximum absolute atomic E-state index is 13.9. The van der Waals surface area contributed by atoms with Crippen LogP contribution in [0.3, 0.4) is 0 Å². The molecule has 1 aromatic carbocycles. The fourth-order valence-electron chi connectivity index (χ4n) is 3.83. The number of halogens is 1. The van der Waals surface area contributed by atoms with Gasteiger partial charge in [0.25, 0.3) is 0 Å². The third kappa shape index (κ3) is 4.27. The van der Waals surface area contributed by atoms with Crippen LogP contribution in [0.5, 0.6) is 0 Å². The van der Waals surface area contributed by atoms with Crippen molar-refractivity contribution in [3.05, 3.63) is 30.6 Å². The molecule has 2 amide bonds. The summed E-state index contributed by atoms with van der Waals surface area (Å²) < 4.78 is 26.2. The summed E-state index contributed by atoms with van der Waals surface area (Å²) in [6.45, 7) is 7.25. The minimum absolute atomic E-state index is 0.114. The van der Waals surface area contributed by atoms with Gasteiger partial charge in [0, 0.05) is 25.2 Å². The second-order valence-corrected chi connectivity index (χ2v) is 8.73. The number of alkyl halides is 1. The molecule has 0 bridgehead atoms. The number of aromatic nitrogens is 2. The zero-order valence-corrected chi connectivity index (χ0v) is 18.2. The van der Waals surface area contributed by atoms with E-state index >= 15 is 0 Å². The van der Waals surface area contributed by atoms with Crippen molar-refractivity contribution in [3.63, 3.8) is 0 Å². The number of carbonyl (C=O) groups excluding carboxylic acids is 2. The van der Waals surface area contributed by atoms with E-state index < -0.39 is 11.8 Å². The quantitative estimate of drug-likeness (QED) is 0.741. The standard InChI is InChI=1S/C22H27FN4O4/c1-14-9-25(21(29)31-13-22(3,4)23)20-7-16(5-6-19(20)27(14)15(2)28)17-8-24-26(10-17)18-11-30-12-18/h5-8,10,14,18H,9,11-13H2,1-4H3. The third-order valence-corrected chi connectivity index (χ3v) is 5.44. The van der Waals surface area contributed by atoms with Crippen LogP contribution in [0, 0.1) is 0 Å². The smallest absolute Gasteiger partial charge is 0.414 e. The lowest BCUT2D eigenvalue weighted by molar-refractivity contribution is -0.117. The average Bonchev–Trinajstić information content (AvgIpc) is 3.12. The minimum Gasteiger partial charge on any atom is -0.446 e. The zero-order valence-electron chi connectivity index (χ0n) is 18.2. The van der Waals surface area contributed by atoms with E-state index in [1.165, 1.54) is 25.7 Å². The zero-order chi connectivity index (χ0) is 22.3. The molecular weight excluding hydrogens is 403 g/mol. The number of fused-ring (bicyclic) bond motifs is 1. The molecule has 1 saturated heterocycles. The van der Waals surface area contributed by atoms with Crippen LogP contribution in [-0.4, -0.2) is 59.9 Å². The van der Waals surface area contributed by atoms with Crippen LogP contribution >= 0.6 is 0 Å². The fraction of sp³-hybridized carbons (Fsp3) is 0.500. The summed E-state index contributed by atoms with van der Waals surface area (Å²) in [7, 11) is 0. The van der Waals surface area contributed by atoms with Crippen LogP contribution in [0.2, 0.25) is 0 Å². The predicted octanol–water partition coefficient (Wildman–Crippen LogP) is 3.57. The van der Waals surface area contributed by atoms with Gasteiger partial charge in [0.1, 0.15) is 12.3 Å². The Morgan fingerprint density at radius 3 is 2.61 bits per heavy atom. The van der Waals surface area contributed by atoms with E-state index in [1.807, 2.05) is 36.0 Å². The molecule has 1 fully saturated rings. The minimum atomic E-state index is -1.63. The summed E-state index contributed by atoms with van der Waals surface area (Å²) in [6.07, 6.45) is 3.07. The first-order valence-electron chi connectivity index (χ1n) is 10.3. The SMILES string of the molecule is CC(=O)N1c2ccc(-c3cnn(C4COC4)c3)cc2N(C(=O)OCC(C)(C)F)CC1C. The Labute approximate surface area is 180 Å². The Bertz CT molecular complexity index is 996. The molecule has 9 heteroatoms. The third-order valence-electron chi connectivity index (χ3n) is 5.44. The molecule has 1 aromatic heterocycles. The second kappa shape index (κ2) is 7.96. The first kappa shape index (κ1) is 21.3. The predicted molar refractivity (Wildman–Crippen MR) is 114 cm³/mol. The van der Waals surface area contributed by atoms with Gasteiger partial charge in [-0.2, -0.15) is 5.10 Å². The number of carbonyl (C=O) groups is 2. The molecule has 31 heavy (non-hydrogen) atoms. The van der Waals surface area contributed by atoms with E-state index in [2.05, 4.69) is 5.10 Å². The summed E-state index contributed by atoms with van der Waals surface area (Å²) in [5.41, 5.74) is 1.28. The lowest BCUT2D eigenvalue weighted by Gasteiger charge is -2.40. The van der Waals surface area contributed by atoms with Gasteiger partial charge in [-0.15, -0.1) is 0 Å². The van der Waals surface area contributed by atoms with Gasteiger partial charge >= 0.3 is 6.09 Å². The largest absolute Gasteiger partial charge is 0.446 e. The number of hydrogen-bond acceptors (Lipinski definition) is 5. The van der Waals surface area contributed by atoms with Crippen molar-refractivity contribution < 1.29 is 23.5 Å². The van der Waals surface area contributed by atoms with Gasteiger partial charge in [-0.05, 0) is 38.5 Å². The van der Waals surface area contributed by atoms with Crippen molar-refractivity contribution in [1.82, 2.24) is 9.78 Å². The number of amides is 2. The molecule has 0 saturated carbocycles. The molecule has 2 aromatic rings. The van der Waals surface area contributed by atoms with Crippen molar-refractivity contribution in [3.8, 4) is 11.1 Å². The highest BCUT2D eigenvalue weighted by Crippen LogP contribution is 2.39.